The molecule has 0 unspecified atom stereocenters. The number of sulfone groups is 1. The zero-order chi connectivity index (χ0) is 21.7. The number of nitrogens with one attached hydrogen (secondary N) is 1. The number of hydrogen-bond acceptors (Lipinski definition) is 5. The average Bonchev–Trinajstić information content (AvgIpc) is 3.25. The zero-order valence-electron chi connectivity index (χ0n) is 16.6. The van der Waals surface area contributed by atoms with Crippen molar-refractivity contribution in [2.45, 2.75) is 24.0 Å². The summed E-state index contributed by atoms with van der Waals surface area (Å²) in [5.41, 5.74) is 0.579. The fourth-order valence-electron chi connectivity index (χ4n) is 3.01. The van der Waals surface area contributed by atoms with Crippen LogP contribution in [0.15, 0.2) is 64.9 Å². The quantitative estimate of drug-likeness (QED) is 0.515. The molecule has 1 heterocycles. The molecule has 3 aromatic rings. The Kier molecular flexibility index (Phi) is 6.89. The summed E-state index contributed by atoms with van der Waals surface area (Å²) in [7, 11) is -3.86. The minimum atomic E-state index is -3.86. The largest absolute Gasteiger partial charge is 0.493 e. The van der Waals surface area contributed by atoms with Crippen molar-refractivity contribution >= 4 is 27.1 Å². The van der Waals surface area contributed by atoms with Crippen molar-refractivity contribution in [3.8, 4) is 5.75 Å². The van der Waals surface area contributed by atoms with Crippen LogP contribution in [0.4, 0.5) is 4.39 Å². The monoisotopic (exact) mass is 447 g/mol. The number of thiophene rings is 1. The van der Waals surface area contributed by atoms with Gasteiger partial charge in [-0.25, -0.2) is 12.8 Å². The Labute approximate surface area is 179 Å². The van der Waals surface area contributed by atoms with E-state index in [2.05, 4.69) is 5.32 Å². The summed E-state index contributed by atoms with van der Waals surface area (Å²) in [5, 5.41) is 3.51. The molecular weight excluding hydrogens is 425 g/mol. The molecule has 0 bridgehead atoms. The molecule has 0 saturated heterocycles. The van der Waals surface area contributed by atoms with E-state index in [9.17, 15) is 17.6 Å². The van der Waals surface area contributed by atoms with E-state index < -0.39 is 26.8 Å². The lowest BCUT2D eigenvalue weighted by Gasteiger charge is -2.18. The molecule has 1 aromatic heterocycles. The van der Waals surface area contributed by atoms with Gasteiger partial charge in [-0.15, -0.1) is 11.3 Å². The van der Waals surface area contributed by atoms with E-state index in [4.69, 9.17) is 4.74 Å². The number of carbonyl (C=O) groups excluding carboxylic acids is 1. The second-order valence-electron chi connectivity index (χ2n) is 6.60. The smallest absolute Gasteiger partial charge is 0.255 e. The van der Waals surface area contributed by atoms with Crippen LogP contribution in [0.2, 0.25) is 0 Å². The Bertz CT molecular complexity index is 1130. The van der Waals surface area contributed by atoms with Gasteiger partial charge in [-0.1, -0.05) is 18.2 Å². The molecule has 0 aliphatic heterocycles. The van der Waals surface area contributed by atoms with Gasteiger partial charge < -0.3 is 10.1 Å². The van der Waals surface area contributed by atoms with Crippen molar-refractivity contribution in [1.29, 1.82) is 0 Å². The summed E-state index contributed by atoms with van der Waals surface area (Å²) >= 11 is 1.29. The van der Waals surface area contributed by atoms with Crippen molar-refractivity contribution in [2.24, 2.45) is 0 Å². The lowest BCUT2D eigenvalue weighted by molar-refractivity contribution is 0.0950. The maximum atomic E-state index is 13.6. The Morgan fingerprint density at radius 3 is 2.60 bits per heavy atom. The average molecular weight is 448 g/mol. The number of amides is 1. The first kappa shape index (κ1) is 22.0. The molecule has 3 rings (SSSR count). The Balaban J connectivity index is 1.89. The lowest BCUT2D eigenvalue weighted by atomic mass is 10.2. The molecule has 0 radical (unpaired) electrons. The van der Waals surface area contributed by atoms with Crippen LogP contribution in [0.3, 0.4) is 0 Å². The molecule has 1 atom stereocenters. The normalized spacial score (nSPS) is 12.4. The van der Waals surface area contributed by atoms with Crippen molar-refractivity contribution in [1.82, 2.24) is 5.32 Å². The minimum Gasteiger partial charge on any atom is -0.493 e. The van der Waals surface area contributed by atoms with Crippen LogP contribution in [0.1, 0.15) is 33.0 Å². The first-order valence-electron chi connectivity index (χ1n) is 9.38. The van der Waals surface area contributed by atoms with Gasteiger partial charge in [-0.3, -0.25) is 4.79 Å². The molecule has 0 aliphatic carbocycles. The van der Waals surface area contributed by atoms with Gasteiger partial charge in [0.1, 0.15) is 16.8 Å². The fourth-order valence-corrected chi connectivity index (χ4v) is 5.88. The van der Waals surface area contributed by atoms with Gasteiger partial charge in [-0.2, -0.15) is 0 Å². The molecule has 8 heteroatoms. The number of carbonyl (C=O) groups is 1. The van der Waals surface area contributed by atoms with Crippen LogP contribution in [0.5, 0.6) is 5.75 Å². The summed E-state index contributed by atoms with van der Waals surface area (Å²) in [4.78, 5) is 13.4. The maximum Gasteiger partial charge on any atom is 0.255 e. The molecule has 0 saturated carbocycles. The highest BCUT2D eigenvalue weighted by molar-refractivity contribution is 7.91. The van der Waals surface area contributed by atoms with E-state index in [0.29, 0.717) is 22.8 Å². The van der Waals surface area contributed by atoms with Crippen LogP contribution in [0, 0.1) is 12.7 Å². The van der Waals surface area contributed by atoms with Crippen LogP contribution >= 0.6 is 11.3 Å². The first-order valence-corrected chi connectivity index (χ1v) is 11.8. The number of halogens is 1. The molecule has 0 fully saturated rings. The highest BCUT2D eigenvalue weighted by Crippen LogP contribution is 2.32. The molecule has 1 N–H and O–H groups in total. The molecule has 5 nitrogen and oxygen atoms in total. The molecule has 0 spiro atoms. The highest BCUT2D eigenvalue weighted by atomic mass is 32.2. The molecule has 30 heavy (non-hydrogen) atoms. The number of rotatable bonds is 8. The predicted octanol–water partition coefficient (Wildman–Crippen LogP) is 4.54. The number of ether oxygens (including phenoxy) is 1. The first-order chi connectivity index (χ1) is 14.3. The van der Waals surface area contributed by atoms with E-state index in [1.54, 1.807) is 41.8 Å². The van der Waals surface area contributed by atoms with E-state index in [1.807, 2.05) is 6.92 Å². The standard InChI is InChI=1S/C22H22FNO4S2/c1-3-28-19-8-5-4-7-17(19)22(25)24-14-21(20-9-6-12-29-20)30(26,27)16-10-11-18(23)15(2)13-16/h4-13,21H,3,14H2,1-2H3,(H,24,25)/t21-/m0/s1. The third kappa shape index (κ3) is 4.71. The van der Waals surface area contributed by atoms with Crippen LogP contribution < -0.4 is 10.1 Å². The van der Waals surface area contributed by atoms with E-state index in [0.717, 1.165) is 6.07 Å². The molecule has 0 aliphatic rings. The van der Waals surface area contributed by atoms with E-state index >= 15 is 0 Å². The second-order valence-corrected chi connectivity index (χ2v) is 9.71. The fraction of sp³-hybridized carbons (Fsp3) is 0.227. The van der Waals surface area contributed by atoms with Gasteiger partial charge in [0.2, 0.25) is 0 Å². The van der Waals surface area contributed by atoms with Gasteiger partial charge in [0.15, 0.2) is 9.84 Å². The summed E-state index contributed by atoms with van der Waals surface area (Å²) < 4.78 is 45.8. The molecular formula is C22H22FNO4S2. The third-order valence-corrected chi connectivity index (χ3v) is 7.79. The van der Waals surface area contributed by atoms with Crippen molar-refractivity contribution < 1.29 is 22.3 Å². The lowest BCUT2D eigenvalue weighted by Crippen LogP contribution is -2.32. The Morgan fingerprint density at radius 2 is 1.93 bits per heavy atom. The highest BCUT2D eigenvalue weighted by Gasteiger charge is 2.31. The SMILES string of the molecule is CCOc1ccccc1C(=O)NC[C@@H](c1cccs1)S(=O)(=O)c1ccc(F)c(C)c1. The molecule has 158 valence electrons. The van der Waals surface area contributed by atoms with Gasteiger partial charge in [0.05, 0.1) is 17.1 Å². The predicted molar refractivity (Wildman–Crippen MR) is 115 cm³/mol. The van der Waals surface area contributed by atoms with Crippen LogP contribution in [-0.2, 0) is 9.84 Å². The second kappa shape index (κ2) is 9.40. The van der Waals surface area contributed by atoms with E-state index in [1.165, 1.54) is 30.4 Å². The maximum absolute atomic E-state index is 13.6. The third-order valence-electron chi connectivity index (χ3n) is 4.57. The minimum absolute atomic E-state index is 0.0174. The Hall–Kier alpha value is -2.71. The number of benzene rings is 2. The van der Waals surface area contributed by atoms with Gasteiger partial charge >= 0.3 is 0 Å². The topological polar surface area (TPSA) is 72.5 Å². The summed E-state index contributed by atoms with van der Waals surface area (Å²) in [5.74, 6) is -0.462. The molecule has 1 amide bonds. The summed E-state index contributed by atoms with van der Waals surface area (Å²) in [6.07, 6.45) is 0. The van der Waals surface area contributed by atoms with Crippen molar-refractivity contribution in [3.63, 3.8) is 0 Å². The van der Waals surface area contributed by atoms with Crippen molar-refractivity contribution in [2.75, 3.05) is 13.2 Å². The number of hydrogen-bond donors (Lipinski definition) is 1. The van der Waals surface area contributed by atoms with Gasteiger partial charge in [-0.05, 0) is 61.2 Å². The zero-order valence-corrected chi connectivity index (χ0v) is 18.2. The van der Waals surface area contributed by atoms with E-state index in [-0.39, 0.29) is 17.0 Å². The Morgan fingerprint density at radius 1 is 1.17 bits per heavy atom. The number of para-hydroxylation sites is 1. The molecule has 2 aromatic carbocycles. The van der Waals surface area contributed by atoms with Crippen molar-refractivity contribution in [3.05, 3.63) is 81.8 Å². The van der Waals surface area contributed by atoms with Crippen LogP contribution in [-0.4, -0.2) is 27.5 Å². The van der Waals surface area contributed by atoms with Gasteiger partial charge in [0, 0.05) is 11.4 Å². The summed E-state index contributed by atoms with van der Waals surface area (Å²) in [6.45, 7) is 3.61. The summed E-state index contributed by atoms with van der Waals surface area (Å²) in [6, 6.07) is 14.0. The number of aryl methyl sites for hydroxylation is 1. The van der Waals surface area contributed by atoms with Gasteiger partial charge in [0.25, 0.3) is 5.91 Å². The van der Waals surface area contributed by atoms with Crippen LogP contribution in [0.25, 0.3) is 0 Å².